The van der Waals surface area contributed by atoms with Crippen molar-refractivity contribution >= 4 is 85.5 Å². The van der Waals surface area contributed by atoms with E-state index in [0.717, 1.165) is 52.5 Å². The van der Waals surface area contributed by atoms with Gasteiger partial charge in [0.05, 0.1) is 67.5 Å². The minimum Gasteiger partial charge on any atom is -0.465 e. The van der Waals surface area contributed by atoms with E-state index in [1.807, 2.05) is 107 Å². The molecule has 8 aromatic heterocycles. The van der Waals surface area contributed by atoms with Gasteiger partial charge in [-0.05, 0) is 125 Å². The van der Waals surface area contributed by atoms with Crippen molar-refractivity contribution in [1.82, 2.24) is 18.7 Å². The molecule has 9 heterocycles. The van der Waals surface area contributed by atoms with Gasteiger partial charge in [-0.3, -0.25) is 42.5 Å². The van der Waals surface area contributed by atoms with Crippen LogP contribution in [0.4, 0.5) is 0 Å². The first-order valence-corrected chi connectivity index (χ1v) is 30.4. The minimum atomic E-state index is -0.749. The van der Waals surface area contributed by atoms with Crippen LogP contribution in [-0.4, -0.2) is 92.8 Å². The molecular weight excluding hydrogens is 1430 g/mol. The van der Waals surface area contributed by atoms with Crippen molar-refractivity contribution in [2.75, 3.05) is 39.6 Å². The summed E-state index contributed by atoms with van der Waals surface area (Å²) in [6.07, 6.45) is 8.66. The maximum absolute atomic E-state index is 12.3. The molecule has 470 valence electrons. The van der Waals surface area contributed by atoms with Gasteiger partial charge in [0.2, 0.25) is 5.56 Å². The van der Waals surface area contributed by atoms with Gasteiger partial charge in [-0.2, -0.15) is 64.5 Å². The van der Waals surface area contributed by atoms with Crippen LogP contribution in [0.2, 0.25) is 0 Å². The number of halogens is 1. The number of nitrogens with zero attached hydrogens (tertiary/aromatic N) is 3. The molecule has 2 unspecified atom stereocenters. The Kier molecular flexibility index (Phi) is 36.9. The zero-order chi connectivity index (χ0) is 62.5. The van der Waals surface area contributed by atoms with E-state index in [2.05, 4.69) is 27.8 Å². The number of aliphatic hydroxyl groups is 2. The Morgan fingerprint density at radius 3 is 1.30 bits per heavy atom. The molecule has 1 saturated heterocycles. The molecule has 8 aromatic rings. The zero-order valence-electron chi connectivity index (χ0n) is 50.0. The Hall–Kier alpha value is -6.65. The predicted molar refractivity (Wildman–Crippen MR) is 340 cm³/mol. The van der Waals surface area contributed by atoms with Crippen molar-refractivity contribution < 1.29 is 74.3 Å². The molecule has 1 aliphatic heterocycles. The van der Waals surface area contributed by atoms with Crippen molar-refractivity contribution in [1.29, 1.82) is 0 Å². The van der Waals surface area contributed by atoms with E-state index in [1.54, 1.807) is 95.4 Å². The first-order chi connectivity index (χ1) is 40.1. The van der Waals surface area contributed by atoms with Gasteiger partial charge in [0.25, 0.3) is 16.7 Å². The third kappa shape index (κ3) is 22.8. The second-order valence-corrected chi connectivity index (χ2v) is 23.2. The monoisotopic (exact) mass is 1500 g/mol. The normalized spacial score (nSPS) is 12.6. The molecule has 0 aromatic carbocycles. The van der Waals surface area contributed by atoms with Crippen LogP contribution < -0.4 is 22.2 Å². The minimum absolute atomic E-state index is 0. The number of carbonyl (C=O) groups is 2. The summed E-state index contributed by atoms with van der Waals surface area (Å²) in [5.41, 5.74) is 3.47. The van der Waals surface area contributed by atoms with Crippen LogP contribution >= 0.6 is 61.3 Å². The zero-order valence-corrected chi connectivity index (χ0v) is 57.8. The second-order valence-electron chi connectivity index (χ2n) is 19.1. The van der Waals surface area contributed by atoms with Gasteiger partial charge >= 0.3 is 24.2 Å². The van der Waals surface area contributed by atoms with Gasteiger partial charge < -0.3 is 44.3 Å². The van der Waals surface area contributed by atoms with Crippen molar-refractivity contribution in [2.45, 2.75) is 89.9 Å². The number of hydrogen-bond acceptors (Lipinski definition) is 19. The number of H-pyrrole nitrogens is 1. The summed E-state index contributed by atoms with van der Waals surface area (Å²) in [6, 6.07) is 20.7. The summed E-state index contributed by atoms with van der Waals surface area (Å²) in [5, 5.41) is 34.4. The van der Waals surface area contributed by atoms with E-state index in [1.165, 1.54) is 49.9 Å². The fourth-order valence-corrected chi connectivity index (χ4v) is 10.6. The molecule has 0 aliphatic carbocycles. The fourth-order valence-electron chi connectivity index (χ4n) is 7.61. The summed E-state index contributed by atoms with van der Waals surface area (Å²) >= 11 is 9.61. The second kappa shape index (κ2) is 40.0. The van der Waals surface area contributed by atoms with Crippen molar-refractivity contribution in [3.05, 3.63) is 224 Å². The summed E-state index contributed by atoms with van der Waals surface area (Å²) in [6.45, 7) is 16.8. The number of aromatic amines is 1. The van der Waals surface area contributed by atoms with Crippen LogP contribution in [0, 0.1) is 14.9 Å². The van der Waals surface area contributed by atoms with E-state index >= 15 is 0 Å². The molecule has 3 N–H and O–H groups in total. The van der Waals surface area contributed by atoms with Gasteiger partial charge in [0.15, 0.2) is 0 Å². The Morgan fingerprint density at radius 2 is 0.977 bits per heavy atom. The Bertz CT molecular complexity index is 3550. The average molecular weight is 1510 g/mol. The van der Waals surface area contributed by atoms with Crippen LogP contribution in [-0.2, 0) is 85.7 Å². The van der Waals surface area contributed by atoms with E-state index in [-0.39, 0.29) is 101 Å². The largest absolute Gasteiger partial charge is 0.465 e. The maximum atomic E-state index is 12.3. The Morgan fingerprint density at radius 1 is 0.598 bits per heavy atom. The number of esters is 2. The standard InChI is InChI=1S/C16H19NO3S.C13H15NO3S.C13H13NO2S.C12H17NO3.C4H3BrS.2CO2.2CH3.W/c1-4-16(3,15(19)20-5-2)12-6-7-14(18)17(10-12)13-8-9-21-11-13;1-13(8-15,9-16)10-2-3-12(17)14(6-10)11-4-5-18-7-11;1-13(8-16-9-13)10-2-3-12(15)14(6-10)11-4-5-17-7-11;1-4-12(3,11(15)16-5-2)9-6-7-10(14)13-8-9;5-4-1-2-6-3-4;2*2-1-3;;;/h6-11H,4-5H2,1-3H3;2-7,15-16H,8-9H2,1H3;2-7H,8-9H2,1H3;6-8H,4-5H2,1-3H3,(H,13,14);1-3H;;;2*1H3;/q;;;;;;;2*-1;. The quantitative estimate of drug-likeness (QED) is 0.0636. The molecule has 25 heteroatoms. The molecule has 0 bridgehead atoms. The number of carbonyl (C=O) groups excluding carboxylic acids is 6. The maximum Gasteiger partial charge on any atom is 0.373 e. The van der Waals surface area contributed by atoms with Gasteiger partial charge in [-0.1, -0.05) is 52.0 Å². The number of rotatable bonds is 15. The molecule has 19 nitrogen and oxygen atoms in total. The predicted octanol–water partition coefficient (Wildman–Crippen LogP) is 10.3. The van der Waals surface area contributed by atoms with Crippen LogP contribution in [0.25, 0.3) is 17.1 Å². The van der Waals surface area contributed by atoms with Gasteiger partial charge in [0.1, 0.15) is 0 Å². The van der Waals surface area contributed by atoms with Gasteiger partial charge in [-0.15, -0.1) is 0 Å². The molecule has 0 amide bonds. The van der Waals surface area contributed by atoms with E-state index < -0.39 is 16.2 Å². The molecule has 2 atom stereocenters. The van der Waals surface area contributed by atoms with Gasteiger partial charge in [0, 0.05) is 107 Å². The van der Waals surface area contributed by atoms with E-state index in [0.29, 0.717) is 26.1 Å². The first-order valence-electron chi connectivity index (χ1n) is 25.9. The molecule has 0 radical (unpaired) electrons. The molecule has 1 aliphatic rings. The number of aliphatic hydroxyl groups excluding tert-OH is 2. The summed E-state index contributed by atoms with van der Waals surface area (Å²) in [5.74, 6) is -0.521. The number of nitrogens with one attached hydrogen (secondary N) is 1. The molecule has 87 heavy (non-hydrogen) atoms. The van der Waals surface area contributed by atoms with E-state index in [4.69, 9.17) is 33.4 Å². The Balaban J connectivity index is 0.00000106. The number of pyridine rings is 4. The fraction of sp³-hybridized carbons (Fsp3) is 0.323. The average Bonchev–Trinajstić information content (AvgIpc) is 1.85. The van der Waals surface area contributed by atoms with Crippen molar-refractivity contribution in [2.24, 2.45) is 0 Å². The summed E-state index contributed by atoms with van der Waals surface area (Å²) < 4.78 is 21.5. The molecular formula is C62H73BrN4O15S4W-2. The van der Waals surface area contributed by atoms with Crippen LogP contribution in [0.3, 0.4) is 0 Å². The van der Waals surface area contributed by atoms with Crippen molar-refractivity contribution in [3.63, 3.8) is 0 Å². The van der Waals surface area contributed by atoms with Crippen LogP contribution in [0.1, 0.15) is 90.5 Å². The van der Waals surface area contributed by atoms with Crippen molar-refractivity contribution in [3.8, 4) is 17.1 Å². The Labute approximate surface area is 544 Å². The van der Waals surface area contributed by atoms with Gasteiger partial charge in [-0.25, -0.2) is 0 Å². The molecule has 0 saturated carbocycles. The topological polar surface area (TPSA) is 269 Å². The van der Waals surface area contributed by atoms with Crippen LogP contribution in [0.5, 0.6) is 0 Å². The number of hydrogen-bond donors (Lipinski definition) is 3. The summed E-state index contributed by atoms with van der Waals surface area (Å²) in [4.78, 5) is 106. The summed E-state index contributed by atoms with van der Waals surface area (Å²) in [7, 11) is 0. The third-order valence-corrected chi connectivity index (χ3v) is 16.9. The first kappa shape index (κ1) is 80.3. The molecule has 9 rings (SSSR count). The number of ether oxygens (including phenoxy) is 3. The smallest absolute Gasteiger partial charge is 0.373 e. The molecule has 1 fully saturated rings. The number of thiophene rings is 4. The number of aromatic nitrogens is 4. The molecule has 0 spiro atoms. The third-order valence-electron chi connectivity index (χ3n) is 13.4. The van der Waals surface area contributed by atoms with E-state index in [9.17, 15) is 39.0 Å². The SMILES string of the molecule is Brc1ccsc1.CC(CO)(CO)c1ccc(=O)n(-c2ccsc2)c1.CC1(c2ccc(=O)n(-c3ccsc3)c2)COC1.CCOC(=O)C(C)(CC)c1ccc(=O)[nH]c1.CCOC(=O)C(C)(CC)c1ccc(=O)n(-c2ccsc2)c1.O=C=O.O=C=O.[CH3-].[CH3-].[W]. The van der Waals surface area contributed by atoms with Crippen LogP contribution in [0.15, 0.2) is 164 Å².